The fourth-order valence-corrected chi connectivity index (χ4v) is 7.86. The minimum absolute atomic E-state index is 0.113. The summed E-state index contributed by atoms with van der Waals surface area (Å²) in [5, 5.41) is 0. The molecule has 6 heteroatoms. The van der Waals surface area contributed by atoms with E-state index in [1.165, 1.54) is 57.8 Å². The number of esters is 3. The van der Waals surface area contributed by atoms with Crippen LogP contribution in [0.4, 0.5) is 0 Å². The summed E-state index contributed by atoms with van der Waals surface area (Å²) >= 11 is 0. The average Bonchev–Trinajstić information content (AvgIpc) is 3.43. The molecule has 0 amide bonds. The monoisotopic (exact) mass is 1060 g/mol. The first-order valence-corrected chi connectivity index (χ1v) is 31.0. The number of hydrogen-bond donors (Lipinski definition) is 0. The van der Waals surface area contributed by atoms with Crippen LogP contribution in [0.5, 0.6) is 0 Å². The van der Waals surface area contributed by atoms with Crippen molar-refractivity contribution in [2.45, 2.75) is 258 Å². The van der Waals surface area contributed by atoms with Crippen LogP contribution in [0.25, 0.3) is 0 Å². The Labute approximate surface area is 473 Å². The molecular formula is C71H112O6. The molecular weight excluding hydrogens is 949 g/mol. The van der Waals surface area contributed by atoms with Gasteiger partial charge in [-0.2, -0.15) is 0 Å². The molecule has 1 unspecified atom stereocenters. The number of unbranched alkanes of at least 4 members (excludes halogenated alkanes) is 17. The highest BCUT2D eigenvalue weighted by molar-refractivity contribution is 5.71. The molecule has 1 atom stereocenters. The second-order valence-electron chi connectivity index (χ2n) is 19.9. The maximum absolute atomic E-state index is 12.9. The highest BCUT2D eigenvalue weighted by Crippen LogP contribution is 2.13. The topological polar surface area (TPSA) is 78.9 Å². The largest absolute Gasteiger partial charge is 0.462 e. The molecule has 0 saturated carbocycles. The molecule has 432 valence electrons. The number of carbonyl (C=O) groups is 3. The zero-order valence-electron chi connectivity index (χ0n) is 49.4. The van der Waals surface area contributed by atoms with E-state index in [-0.39, 0.29) is 37.5 Å². The van der Waals surface area contributed by atoms with Gasteiger partial charge in [0.2, 0.25) is 0 Å². The lowest BCUT2D eigenvalue weighted by atomic mass is 10.1. The van der Waals surface area contributed by atoms with Gasteiger partial charge in [0.15, 0.2) is 6.10 Å². The van der Waals surface area contributed by atoms with Gasteiger partial charge in [-0.15, -0.1) is 0 Å². The maximum atomic E-state index is 12.9. The Bertz CT molecular complexity index is 1740. The summed E-state index contributed by atoms with van der Waals surface area (Å²) in [4.78, 5) is 38.2. The summed E-state index contributed by atoms with van der Waals surface area (Å²) in [6, 6.07) is 0. The van der Waals surface area contributed by atoms with Crippen molar-refractivity contribution in [2.75, 3.05) is 13.2 Å². The third kappa shape index (κ3) is 61.8. The fraction of sp³-hybridized carbons (Fsp3) is 0.592. The van der Waals surface area contributed by atoms with Gasteiger partial charge in [0, 0.05) is 19.3 Å². The number of ether oxygens (including phenoxy) is 3. The standard InChI is InChI=1S/C71H112O6/c1-4-7-10-13-16-19-22-25-27-29-30-31-32-33-34-35-36-37-38-39-40-42-43-46-49-52-55-58-61-64-70(73)76-67-68(66-75-69(72)63-60-57-54-51-48-45-24-21-18-15-12-9-6-3)77-71(74)65-62-59-56-53-50-47-44-41-28-26-23-20-17-14-11-8-5-2/h7,10,12,15-17,19-21,24-28,30-31,33-34,36-37,39-40,43,46,52,55,68H,4-6,8-9,11,13-14,18,22-23,29,32,35,38,41-42,44-45,47-51,53-54,56-67H2,1-3H3/b10-7-,15-12-,19-16-,20-17-,24-21-,27-25-,28-26-,31-30-,34-33-,37-36-,40-39-,46-43-,55-52-. The van der Waals surface area contributed by atoms with Gasteiger partial charge in [-0.3, -0.25) is 14.4 Å². The maximum Gasteiger partial charge on any atom is 0.306 e. The second-order valence-corrected chi connectivity index (χ2v) is 19.9. The highest BCUT2D eigenvalue weighted by Gasteiger charge is 2.19. The van der Waals surface area contributed by atoms with Crippen LogP contribution in [0.1, 0.15) is 252 Å². The lowest BCUT2D eigenvalue weighted by Gasteiger charge is -2.18. The Morgan fingerprint density at radius 1 is 0.273 bits per heavy atom. The van der Waals surface area contributed by atoms with E-state index in [0.29, 0.717) is 19.3 Å². The van der Waals surface area contributed by atoms with Gasteiger partial charge < -0.3 is 14.2 Å². The van der Waals surface area contributed by atoms with Crippen molar-refractivity contribution in [1.82, 2.24) is 0 Å². The zero-order valence-corrected chi connectivity index (χ0v) is 49.4. The number of carbonyl (C=O) groups excluding carboxylic acids is 3. The van der Waals surface area contributed by atoms with Crippen molar-refractivity contribution in [3.05, 3.63) is 158 Å². The molecule has 0 aliphatic heterocycles. The second kappa shape index (κ2) is 63.6. The van der Waals surface area contributed by atoms with Gasteiger partial charge in [-0.25, -0.2) is 0 Å². The van der Waals surface area contributed by atoms with Crippen molar-refractivity contribution in [3.8, 4) is 0 Å². The third-order valence-corrected chi connectivity index (χ3v) is 12.5. The first-order chi connectivity index (χ1) is 38.0. The van der Waals surface area contributed by atoms with Crippen LogP contribution >= 0.6 is 0 Å². The summed E-state index contributed by atoms with van der Waals surface area (Å²) in [5.74, 6) is -1.00. The molecule has 0 aromatic carbocycles. The van der Waals surface area contributed by atoms with Crippen LogP contribution < -0.4 is 0 Å². The van der Waals surface area contributed by atoms with Crippen LogP contribution in [0, 0.1) is 0 Å². The molecule has 0 saturated heterocycles. The summed E-state index contributed by atoms with van der Waals surface area (Å²) in [6.07, 6.45) is 92.4. The Morgan fingerprint density at radius 2 is 0.545 bits per heavy atom. The van der Waals surface area contributed by atoms with E-state index in [1.54, 1.807) is 0 Å². The van der Waals surface area contributed by atoms with E-state index in [9.17, 15) is 14.4 Å². The van der Waals surface area contributed by atoms with Crippen molar-refractivity contribution < 1.29 is 28.6 Å². The van der Waals surface area contributed by atoms with Gasteiger partial charge in [0.25, 0.3) is 0 Å². The lowest BCUT2D eigenvalue weighted by Crippen LogP contribution is -2.30. The number of rotatable bonds is 54. The van der Waals surface area contributed by atoms with Gasteiger partial charge in [-0.05, 0) is 141 Å². The predicted molar refractivity (Wildman–Crippen MR) is 334 cm³/mol. The van der Waals surface area contributed by atoms with Gasteiger partial charge in [-0.1, -0.05) is 249 Å². The predicted octanol–water partition coefficient (Wildman–Crippen LogP) is 21.3. The Balaban J connectivity index is 4.47. The summed E-state index contributed by atoms with van der Waals surface area (Å²) in [7, 11) is 0. The Hall–Kier alpha value is -4.97. The van der Waals surface area contributed by atoms with Crippen molar-refractivity contribution in [3.63, 3.8) is 0 Å². The molecule has 0 aliphatic rings. The van der Waals surface area contributed by atoms with Crippen molar-refractivity contribution in [2.24, 2.45) is 0 Å². The summed E-state index contributed by atoms with van der Waals surface area (Å²) in [6.45, 7) is 6.36. The minimum atomic E-state index is -0.820. The zero-order chi connectivity index (χ0) is 55.7. The molecule has 0 spiro atoms. The van der Waals surface area contributed by atoms with E-state index >= 15 is 0 Å². The molecule has 0 rings (SSSR count). The molecule has 0 aliphatic carbocycles. The van der Waals surface area contributed by atoms with E-state index < -0.39 is 6.10 Å². The van der Waals surface area contributed by atoms with Gasteiger partial charge in [0.05, 0.1) is 0 Å². The van der Waals surface area contributed by atoms with Crippen LogP contribution in [0.3, 0.4) is 0 Å². The first-order valence-electron chi connectivity index (χ1n) is 31.0. The SMILES string of the molecule is CC/C=C\C/C=C\C/C=C\C/C=C\C/C=C\C/C=C\C/C=C\C/C=C\C/C=C\CCCC(=O)OCC(COC(=O)CCCCCCC/C=C\C/C=C\CCC)OC(=O)CCCCCCCCC/C=C\C/C=C\CCCCC. The molecule has 6 nitrogen and oxygen atoms in total. The molecule has 0 heterocycles. The van der Waals surface area contributed by atoms with Crippen LogP contribution in [0.2, 0.25) is 0 Å². The minimum Gasteiger partial charge on any atom is -0.462 e. The lowest BCUT2D eigenvalue weighted by molar-refractivity contribution is -0.167. The fourth-order valence-electron chi connectivity index (χ4n) is 7.86. The Kier molecular flexibility index (Phi) is 59.5. The van der Waals surface area contributed by atoms with E-state index in [4.69, 9.17) is 14.2 Å². The van der Waals surface area contributed by atoms with Crippen LogP contribution in [0.15, 0.2) is 158 Å². The molecule has 0 N–H and O–H groups in total. The molecule has 0 aromatic heterocycles. The molecule has 0 bridgehead atoms. The third-order valence-electron chi connectivity index (χ3n) is 12.5. The summed E-state index contributed by atoms with van der Waals surface area (Å²) < 4.78 is 16.8. The molecule has 0 fully saturated rings. The summed E-state index contributed by atoms with van der Waals surface area (Å²) in [5.41, 5.74) is 0. The smallest absolute Gasteiger partial charge is 0.306 e. The van der Waals surface area contributed by atoms with Gasteiger partial charge >= 0.3 is 17.9 Å². The van der Waals surface area contributed by atoms with E-state index in [1.807, 2.05) is 0 Å². The molecule has 77 heavy (non-hydrogen) atoms. The number of allylic oxidation sites excluding steroid dienone is 26. The molecule has 0 aromatic rings. The highest BCUT2D eigenvalue weighted by atomic mass is 16.6. The van der Waals surface area contributed by atoms with Crippen molar-refractivity contribution in [1.29, 1.82) is 0 Å². The Morgan fingerprint density at radius 3 is 0.896 bits per heavy atom. The van der Waals surface area contributed by atoms with E-state index in [0.717, 1.165) is 148 Å². The van der Waals surface area contributed by atoms with Crippen LogP contribution in [-0.2, 0) is 28.6 Å². The van der Waals surface area contributed by atoms with E-state index in [2.05, 4.69) is 179 Å². The van der Waals surface area contributed by atoms with Gasteiger partial charge in [0.1, 0.15) is 13.2 Å². The first kappa shape index (κ1) is 72.0. The van der Waals surface area contributed by atoms with Crippen LogP contribution in [-0.4, -0.2) is 37.2 Å². The normalized spacial score (nSPS) is 13.2. The quantitative estimate of drug-likeness (QED) is 0.0261. The van der Waals surface area contributed by atoms with Crippen molar-refractivity contribution >= 4 is 17.9 Å². The average molecular weight is 1060 g/mol. The molecule has 0 radical (unpaired) electrons. The number of hydrogen-bond acceptors (Lipinski definition) is 6.